The van der Waals surface area contributed by atoms with Gasteiger partial charge in [0.2, 0.25) is 0 Å². The quantitative estimate of drug-likeness (QED) is 0.161. The first-order valence-electron chi connectivity index (χ1n) is 30.3. The molecule has 0 bridgehead atoms. The van der Waals surface area contributed by atoms with Crippen LogP contribution in [0.5, 0.6) is 0 Å². The SMILES string of the molecule is CC1(C)CCC(C)(C)c2cc(Nc3ccc(N(c4ccccc4)c4ccccc4)cc3-c3cc(N4c5ccccc5C5(C)CCCCC45C)c4c5ccc6ccccc6c5n5c4c3[B]c3cc4c(cc3-5)C(C)(C)CCC4(C)C)ccc21. The summed E-state index contributed by atoms with van der Waals surface area (Å²) in [5.74, 6) is 0. The van der Waals surface area contributed by atoms with Crippen LogP contribution < -0.4 is 26.0 Å². The molecule has 1 N–H and O–H groups in total. The molecule has 3 heterocycles. The Bertz CT molecular complexity index is 4200. The summed E-state index contributed by atoms with van der Waals surface area (Å²) in [6, 6.07) is 67.7. The molecule has 1 fully saturated rings. The van der Waals surface area contributed by atoms with Crippen LogP contribution in [0.25, 0.3) is 49.4 Å². The maximum atomic E-state index is 4.21. The van der Waals surface area contributed by atoms with Crippen molar-refractivity contribution in [2.24, 2.45) is 0 Å². The Morgan fingerprint density at radius 3 is 1.77 bits per heavy atom. The highest BCUT2D eigenvalue weighted by atomic mass is 15.3. The summed E-state index contributed by atoms with van der Waals surface area (Å²) in [6.45, 7) is 24.8. The number of rotatable bonds is 7. The molecule has 0 spiro atoms. The second kappa shape index (κ2) is 17.5. The molecule has 4 nitrogen and oxygen atoms in total. The fourth-order valence-electron chi connectivity index (χ4n) is 16.3. The minimum atomic E-state index is -0.184. The standard InChI is InChI=1S/C76H76BN4/c1-71(2)39-40-72(3,4)59-43-49(32-35-57(59)71)78-63-36-33-52(79(50-24-13-11-14-25-50)51-26-15-12-16-27-51)44-55(63)56-45-66(81-64-30-20-19-29-58(64)75(9)37-21-22-38-76(75,81)10)67-54-34-31-48-23-17-18-28-53(48)69(54)80-65-47-61-60(46-62(65)77-68(56)70(67)80)73(5,6)41-42-74(61,7)8/h11-20,23-36,43-47,78H,21-22,37-42H2,1-10H3. The fourth-order valence-corrected chi connectivity index (χ4v) is 16.3. The van der Waals surface area contributed by atoms with Gasteiger partial charge in [-0.3, -0.25) is 0 Å². The first kappa shape index (κ1) is 50.5. The van der Waals surface area contributed by atoms with Crippen molar-refractivity contribution in [1.82, 2.24) is 4.57 Å². The predicted molar refractivity (Wildman–Crippen MR) is 347 cm³/mol. The summed E-state index contributed by atoms with van der Waals surface area (Å²) in [6.07, 6.45) is 9.37. The molecule has 1 saturated carbocycles. The van der Waals surface area contributed by atoms with Crippen molar-refractivity contribution in [2.45, 2.75) is 153 Å². The molecule has 81 heavy (non-hydrogen) atoms. The number of anilines is 7. The number of hydrogen-bond donors (Lipinski definition) is 1. The lowest BCUT2D eigenvalue weighted by Crippen LogP contribution is -2.54. The number of benzene rings is 9. The Labute approximate surface area is 481 Å². The number of para-hydroxylation sites is 3. The molecule has 9 aromatic carbocycles. The fraction of sp³-hybridized carbons (Fsp3) is 0.316. The van der Waals surface area contributed by atoms with Crippen molar-refractivity contribution in [3.63, 3.8) is 0 Å². The van der Waals surface area contributed by atoms with E-state index in [2.05, 4.69) is 272 Å². The van der Waals surface area contributed by atoms with E-state index in [0.29, 0.717) is 0 Å². The molecule has 403 valence electrons. The van der Waals surface area contributed by atoms with Crippen molar-refractivity contribution in [3.05, 3.63) is 204 Å². The van der Waals surface area contributed by atoms with E-state index in [1.54, 1.807) is 0 Å². The van der Waals surface area contributed by atoms with E-state index >= 15 is 0 Å². The van der Waals surface area contributed by atoms with E-state index < -0.39 is 0 Å². The Balaban J connectivity index is 1.09. The average Bonchev–Trinajstić information content (AvgIpc) is 4.08. The maximum absolute atomic E-state index is 4.21. The minimum Gasteiger partial charge on any atom is -0.355 e. The lowest BCUT2D eigenvalue weighted by atomic mass is 9.55. The molecule has 15 rings (SSSR count). The number of fused-ring (bicyclic) bond motifs is 12. The highest BCUT2D eigenvalue weighted by Gasteiger charge is 2.58. The molecule has 0 saturated heterocycles. The van der Waals surface area contributed by atoms with Gasteiger partial charge in [0.25, 0.3) is 0 Å². The third kappa shape index (κ3) is 7.35. The second-order valence-electron chi connectivity index (χ2n) is 28.0. The third-order valence-corrected chi connectivity index (χ3v) is 21.4. The van der Waals surface area contributed by atoms with Gasteiger partial charge < -0.3 is 19.7 Å². The molecule has 2 aliphatic heterocycles. The molecule has 3 aliphatic carbocycles. The van der Waals surface area contributed by atoms with E-state index in [1.165, 1.54) is 119 Å². The predicted octanol–water partition coefficient (Wildman–Crippen LogP) is 19.2. The van der Waals surface area contributed by atoms with Crippen LogP contribution in [-0.4, -0.2) is 17.4 Å². The third-order valence-electron chi connectivity index (χ3n) is 21.4. The van der Waals surface area contributed by atoms with Crippen molar-refractivity contribution < 1.29 is 0 Å². The molecule has 5 aliphatic rings. The zero-order valence-corrected chi connectivity index (χ0v) is 49.3. The summed E-state index contributed by atoms with van der Waals surface area (Å²) in [4.78, 5) is 5.30. The van der Waals surface area contributed by atoms with Gasteiger partial charge >= 0.3 is 0 Å². The van der Waals surface area contributed by atoms with E-state index in [4.69, 9.17) is 0 Å². The van der Waals surface area contributed by atoms with E-state index in [9.17, 15) is 0 Å². The smallest absolute Gasteiger partial charge is 0.197 e. The monoisotopic (exact) mass is 1060 g/mol. The number of nitrogens with zero attached hydrogens (tertiary/aromatic N) is 3. The van der Waals surface area contributed by atoms with E-state index in [0.717, 1.165) is 60.5 Å². The Morgan fingerprint density at radius 2 is 1.05 bits per heavy atom. The molecular weight excluding hydrogens is 980 g/mol. The van der Waals surface area contributed by atoms with Crippen molar-refractivity contribution in [2.75, 3.05) is 15.1 Å². The van der Waals surface area contributed by atoms with Crippen LogP contribution in [0.1, 0.15) is 148 Å². The number of nitrogens with one attached hydrogen (secondary N) is 1. The van der Waals surface area contributed by atoms with Crippen LogP contribution in [0.3, 0.4) is 0 Å². The highest BCUT2D eigenvalue weighted by Crippen LogP contribution is 2.63. The maximum Gasteiger partial charge on any atom is 0.197 e. The molecule has 2 atom stereocenters. The van der Waals surface area contributed by atoms with Crippen LogP contribution in [-0.2, 0) is 27.1 Å². The van der Waals surface area contributed by atoms with Crippen molar-refractivity contribution in [3.8, 4) is 16.8 Å². The Kier molecular flexibility index (Phi) is 10.9. The average molecular weight is 1060 g/mol. The normalized spacial score (nSPS) is 21.4. The molecule has 5 heteroatoms. The van der Waals surface area contributed by atoms with Gasteiger partial charge in [-0.2, -0.15) is 0 Å². The number of aromatic nitrogens is 1. The van der Waals surface area contributed by atoms with Gasteiger partial charge in [0.1, 0.15) is 0 Å². The van der Waals surface area contributed by atoms with E-state index in [1.807, 2.05) is 0 Å². The van der Waals surface area contributed by atoms with Gasteiger partial charge in [-0.05, 0) is 184 Å². The summed E-state index contributed by atoms with van der Waals surface area (Å²) in [7, 11) is 2.60. The summed E-state index contributed by atoms with van der Waals surface area (Å²) < 4.78 is 2.75. The minimum absolute atomic E-state index is 0.0304. The van der Waals surface area contributed by atoms with Crippen LogP contribution in [0, 0.1) is 0 Å². The van der Waals surface area contributed by atoms with Crippen LogP contribution in [0.4, 0.5) is 39.8 Å². The lowest BCUT2D eigenvalue weighted by molar-refractivity contribution is 0.195. The first-order valence-corrected chi connectivity index (χ1v) is 30.3. The van der Waals surface area contributed by atoms with Gasteiger partial charge in [-0.25, -0.2) is 0 Å². The van der Waals surface area contributed by atoms with Gasteiger partial charge in [-0.15, -0.1) is 0 Å². The Morgan fingerprint density at radius 1 is 0.432 bits per heavy atom. The lowest BCUT2D eigenvalue weighted by Gasteiger charge is -2.50. The summed E-state index contributed by atoms with van der Waals surface area (Å²) >= 11 is 0. The zero-order valence-electron chi connectivity index (χ0n) is 49.3. The zero-order chi connectivity index (χ0) is 55.6. The number of hydrogen-bond acceptors (Lipinski definition) is 3. The molecular formula is C76H76BN4. The van der Waals surface area contributed by atoms with E-state index in [-0.39, 0.29) is 32.6 Å². The topological polar surface area (TPSA) is 23.4 Å². The second-order valence-corrected chi connectivity index (χ2v) is 28.0. The first-order chi connectivity index (χ1) is 38.9. The van der Waals surface area contributed by atoms with Crippen LogP contribution in [0.15, 0.2) is 176 Å². The van der Waals surface area contributed by atoms with Crippen LogP contribution in [0.2, 0.25) is 0 Å². The Hall–Kier alpha value is -7.50. The van der Waals surface area contributed by atoms with Gasteiger partial charge in [0, 0.05) is 66.9 Å². The van der Waals surface area contributed by atoms with Gasteiger partial charge in [0.15, 0.2) is 7.28 Å². The van der Waals surface area contributed by atoms with Gasteiger partial charge in [0.05, 0.1) is 22.3 Å². The molecule has 1 aromatic heterocycles. The molecule has 1 radical (unpaired) electrons. The largest absolute Gasteiger partial charge is 0.355 e. The molecule has 2 unspecified atom stereocenters. The highest BCUT2D eigenvalue weighted by molar-refractivity contribution is 6.74. The summed E-state index contributed by atoms with van der Waals surface area (Å²) in [5, 5.41) is 9.40. The van der Waals surface area contributed by atoms with Gasteiger partial charge in [-0.1, -0.05) is 184 Å². The summed E-state index contributed by atoms with van der Waals surface area (Å²) in [5.41, 5.74) is 24.4. The molecule has 0 amide bonds. The van der Waals surface area contributed by atoms with Crippen LogP contribution >= 0.6 is 0 Å². The van der Waals surface area contributed by atoms with Crippen molar-refractivity contribution in [1.29, 1.82) is 0 Å². The molecule has 10 aromatic rings. The van der Waals surface area contributed by atoms with Crippen molar-refractivity contribution >= 4 is 90.6 Å².